The Morgan fingerprint density at radius 1 is 0.971 bits per heavy atom. The fraction of sp³-hybridized carbons (Fsp3) is 0.200. The van der Waals surface area contributed by atoms with Crippen LogP contribution in [0.5, 0.6) is 5.75 Å². The molecule has 0 unspecified atom stereocenters. The molecular weight excluding hydrogens is 457 g/mol. The number of nitrogens with one attached hydrogen (secondary N) is 1. The van der Waals surface area contributed by atoms with Gasteiger partial charge in [-0.05, 0) is 60.0 Å². The van der Waals surface area contributed by atoms with E-state index in [0.717, 1.165) is 12.1 Å². The highest BCUT2D eigenvalue weighted by molar-refractivity contribution is 5.94. The maximum atomic E-state index is 14.1. The van der Waals surface area contributed by atoms with Crippen LogP contribution in [0.25, 0.3) is 11.1 Å². The van der Waals surface area contributed by atoms with Crippen molar-refractivity contribution in [1.82, 2.24) is 5.32 Å². The first-order valence-electron chi connectivity index (χ1n) is 10.3. The van der Waals surface area contributed by atoms with Crippen LogP contribution >= 0.6 is 0 Å². The van der Waals surface area contributed by atoms with Crippen molar-refractivity contribution in [1.29, 1.82) is 0 Å². The Morgan fingerprint density at radius 2 is 1.68 bits per heavy atom. The molecule has 1 amide bonds. The molecule has 0 radical (unpaired) electrons. The fourth-order valence-electron chi connectivity index (χ4n) is 3.21. The number of alkyl halides is 3. The molecule has 0 saturated carbocycles. The molecule has 0 aromatic heterocycles. The van der Waals surface area contributed by atoms with Crippen LogP contribution < -0.4 is 10.1 Å². The predicted molar refractivity (Wildman–Crippen MR) is 116 cm³/mol. The van der Waals surface area contributed by atoms with Crippen LogP contribution in [-0.4, -0.2) is 18.8 Å². The molecule has 4 nitrogen and oxygen atoms in total. The molecule has 0 saturated heterocycles. The number of benzene rings is 3. The summed E-state index contributed by atoms with van der Waals surface area (Å²) in [5.41, 5.74) is -0.184. The Morgan fingerprint density at radius 3 is 2.32 bits per heavy atom. The minimum atomic E-state index is -4.73. The maximum Gasteiger partial charge on any atom is 0.416 e. The topological polar surface area (TPSA) is 55.4 Å². The Kier molecular flexibility index (Phi) is 7.65. The van der Waals surface area contributed by atoms with Gasteiger partial charge in [0, 0.05) is 12.1 Å². The molecule has 0 bridgehead atoms. The smallest absolute Gasteiger partial charge is 0.416 e. The zero-order chi connectivity index (χ0) is 24.9. The lowest BCUT2D eigenvalue weighted by Gasteiger charge is -2.15. The van der Waals surface area contributed by atoms with E-state index in [1.54, 1.807) is 18.2 Å². The highest BCUT2D eigenvalue weighted by Crippen LogP contribution is 2.31. The summed E-state index contributed by atoms with van der Waals surface area (Å²) in [6, 6.07) is 10.7. The number of hydrogen-bond acceptors (Lipinski definition) is 3. The largest absolute Gasteiger partial charge is 0.493 e. The molecule has 0 aliphatic carbocycles. The molecule has 0 spiro atoms. The highest BCUT2D eigenvalue weighted by Gasteiger charge is 2.31. The summed E-state index contributed by atoms with van der Waals surface area (Å²) in [6.45, 7) is 2.18. The third kappa shape index (κ3) is 5.78. The van der Waals surface area contributed by atoms with Crippen LogP contribution in [0.3, 0.4) is 0 Å². The van der Waals surface area contributed by atoms with E-state index in [-0.39, 0.29) is 18.2 Å². The molecule has 178 valence electrons. The van der Waals surface area contributed by atoms with Crippen molar-refractivity contribution < 1.29 is 36.3 Å². The van der Waals surface area contributed by atoms with Gasteiger partial charge >= 0.3 is 6.18 Å². The standard InChI is InChI=1S/C25H20F5NO3/c1-2-9-34-23-8-4-16(15-3-7-21(26)18(11-15)14-32)10-17(23)13-31-24(33)20-6-5-19(12-22(20)27)25(28,29)30/h3-8,10-12,14H,2,9,13H2,1H3,(H,31,33). The van der Waals surface area contributed by atoms with E-state index < -0.39 is 34.8 Å². The molecular formula is C25H20F5NO3. The number of ether oxygens (including phenoxy) is 1. The number of carbonyl (C=O) groups is 2. The summed E-state index contributed by atoms with van der Waals surface area (Å²) in [5.74, 6) is -2.41. The van der Waals surface area contributed by atoms with Crippen LogP contribution in [0.15, 0.2) is 54.6 Å². The number of carbonyl (C=O) groups excluding carboxylic acids is 2. The van der Waals surface area contributed by atoms with E-state index in [1.807, 2.05) is 6.92 Å². The van der Waals surface area contributed by atoms with Gasteiger partial charge in [-0.2, -0.15) is 13.2 Å². The van der Waals surface area contributed by atoms with E-state index in [2.05, 4.69) is 5.32 Å². The lowest BCUT2D eigenvalue weighted by Crippen LogP contribution is -2.24. The van der Waals surface area contributed by atoms with Gasteiger partial charge in [0.1, 0.15) is 17.4 Å². The van der Waals surface area contributed by atoms with Gasteiger partial charge in [0.2, 0.25) is 0 Å². The summed E-state index contributed by atoms with van der Waals surface area (Å²) in [7, 11) is 0. The van der Waals surface area contributed by atoms with E-state index in [9.17, 15) is 31.5 Å². The quantitative estimate of drug-likeness (QED) is 0.311. The molecule has 0 atom stereocenters. The van der Waals surface area contributed by atoms with Gasteiger partial charge < -0.3 is 10.1 Å². The third-order valence-electron chi connectivity index (χ3n) is 4.96. The predicted octanol–water partition coefficient (Wildman–Crippen LogP) is 6.18. The van der Waals surface area contributed by atoms with Gasteiger partial charge in [-0.3, -0.25) is 9.59 Å². The fourth-order valence-corrected chi connectivity index (χ4v) is 3.21. The van der Waals surface area contributed by atoms with Crippen LogP contribution in [0.4, 0.5) is 22.0 Å². The van der Waals surface area contributed by atoms with Crippen molar-refractivity contribution in [2.75, 3.05) is 6.61 Å². The van der Waals surface area contributed by atoms with E-state index >= 15 is 0 Å². The number of rotatable bonds is 8. The molecule has 3 aromatic rings. The lowest BCUT2D eigenvalue weighted by molar-refractivity contribution is -0.137. The summed E-state index contributed by atoms with van der Waals surface area (Å²) in [4.78, 5) is 23.5. The Labute approximate surface area is 192 Å². The van der Waals surface area contributed by atoms with Crippen LogP contribution in [0.2, 0.25) is 0 Å². The molecule has 0 fully saturated rings. The molecule has 1 N–H and O–H groups in total. The number of hydrogen-bond donors (Lipinski definition) is 1. The molecule has 34 heavy (non-hydrogen) atoms. The maximum absolute atomic E-state index is 14.1. The van der Waals surface area contributed by atoms with E-state index in [0.29, 0.717) is 47.8 Å². The molecule has 9 heteroatoms. The summed E-state index contributed by atoms with van der Waals surface area (Å²) < 4.78 is 71.7. The third-order valence-corrected chi connectivity index (χ3v) is 4.96. The Bertz CT molecular complexity index is 1210. The van der Waals surface area contributed by atoms with Crippen LogP contribution in [-0.2, 0) is 12.7 Å². The second kappa shape index (κ2) is 10.5. The number of aldehydes is 1. The summed E-state index contributed by atoms with van der Waals surface area (Å²) >= 11 is 0. The van der Waals surface area contributed by atoms with Gasteiger partial charge in [0.05, 0.1) is 23.3 Å². The zero-order valence-corrected chi connectivity index (χ0v) is 18.0. The van der Waals surface area contributed by atoms with Gasteiger partial charge in [0.15, 0.2) is 6.29 Å². The first-order valence-corrected chi connectivity index (χ1v) is 10.3. The van der Waals surface area contributed by atoms with Crippen molar-refractivity contribution in [2.45, 2.75) is 26.1 Å². The SMILES string of the molecule is CCCOc1ccc(-c2ccc(F)c(C=O)c2)cc1CNC(=O)c1ccc(C(F)(F)F)cc1F. The van der Waals surface area contributed by atoms with Crippen molar-refractivity contribution in [3.8, 4) is 16.9 Å². The second-order valence-corrected chi connectivity index (χ2v) is 7.40. The van der Waals surface area contributed by atoms with Gasteiger partial charge in [0.25, 0.3) is 5.91 Å². The number of amides is 1. The van der Waals surface area contributed by atoms with Gasteiger partial charge in [-0.25, -0.2) is 8.78 Å². The molecule has 0 aliphatic rings. The monoisotopic (exact) mass is 477 g/mol. The molecule has 3 rings (SSSR count). The Balaban J connectivity index is 1.86. The first kappa shape index (κ1) is 24.9. The lowest BCUT2D eigenvalue weighted by atomic mass is 10.00. The van der Waals surface area contributed by atoms with E-state index in [4.69, 9.17) is 4.74 Å². The second-order valence-electron chi connectivity index (χ2n) is 7.40. The molecule has 0 aliphatic heterocycles. The first-order chi connectivity index (χ1) is 16.1. The van der Waals surface area contributed by atoms with E-state index in [1.165, 1.54) is 12.1 Å². The Hall–Kier alpha value is -3.75. The minimum Gasteiger partial charge on any atom is -0.493 e. The van der Waals surface area contributed by atoms with Crippen molar-refractivity contribution in [3.05, 3.63) is 88.5 Å². The summed E-state index contributed by atoms with van der Waals surface area (Å²) in [5, 5.41) is 2.49. The highest BCUT2D eigenvalue weighted by atomic mass is 19.4. The summed E-state index contributed by atoms with van der Waals surface area (Å²) in [6.07, 6.45) is -3.62. The average Bonchev–Trinajstić information content (AvgIpc) is 2.81. The molecule has 0 heterocycles. The minimum absolute atomic E-state index is 0.114. The number of halogens is 5. The van der Waals surface area contributed by atoms with Crippen molar-refractivity contribution in [2.24, 2.45) is 0 Å². The van der Waals surface area contributed by atoms with Crippen molar-refractivity contribution in [3.63, 3.8) is 0 Å². The molecule has 3 aromatic carbocycles. The zero-order valence-electron chi connectivity index (χ0n) is 18.0. The average molecular weight is 477 g/mol. The normalized spacial score (nSPS) is 11.2. The van der Waals surface area contributed by atoms with Crippen molar-refractivity contribution >= 4 is 12.2 Å². The van der Waals surface area contributed by atoms with Gasteiger partial charge in [-0.15, -0.1) is 0 Å². The van der Waals surface area contributed by atoms with Crippen LogP contribution in [0, 0.1) is 11.6 Å². The van der Waals surface area contributed by atoms with Crippen LogP contribution in [0.1, 0.15) is 45.2 Å². The van der Waals surface area contributed by atoms with Gasteiger partial charge in [-0.1, -0.05) is 19.1 Å².